The van der Waals surface area contributed by atoms with Crippen molar-refractivity contribution in [3.63, 3.8) is 0 Å². The molecule has 1 saturated heterocycles. The van der Waals surface area contributed by atoms with E-state index in [1.807, 2.05) is 12.1 Å². The Kier molecular flexibility index (Phi) is 6.52. The number of benzene rings is 1. The number of nitro groups is 1. The quantitative estimate of drug-likeness (QED) is 0.439. The van der Waals surface area contributed by atoms with Crippen LogP contribution in [0.3, 0.4) is 0 Å². The minimum absolute atomic E-state index is 0.0373. The van der Waals surface area contributed by atoms with Gasteiger partial charge in [0.15, 0.2) is 0 Å². The lowest BCUT2D eigenvalue weighted by Crippen LogP contribution is -2.40. The topological polar surface area (TPSA) is 88.6 Å². The van der Waals surface area contributed by atoms with E-state index in [1.54, 1.807) is 24.7 Å². The fraction of sp³-hybridized carbons (Fsp3) is 0.421. The number of thioether (sulfide) groups is 1. The zero-order valence-corrected chi connectivity index (χ0v) is 16.0. The molecule has 0 radical (unpaired) electrons. The molecule has 1 aromatic heterocycles. The van der Waals surface area contributed by atoms with Gasteiger partial charge in [-0.25, -0.2) is 0 Å². The number of nitrogens with one attached hydrogen (secondary N) is 1. The summed E-state index contributed by atoms with van der Waals surface area (Å²) in [6.07, 6.45) is 6.90. The van der Waals surface area contributed by atoms with Gasteiger partial charge >= 0.3 is 0 Å². The summed E-state index contributed by atoms with van der Waals surface area (Å²) in [7, 11) is 0. The van der Waals surface area contributed by atoms with Gasteiger partial charge in [0.25, 0.3) is 11.6 Å². The van der Waals surface area contributed by atoms with Crippen molar-refractivity contribution in [2.45, 2.75) is 30.2 Å². The molecule has 27 heavy (non-hydrogen) atoms. The summed E-state index contributed by atoms with van der Waals surface area (Å²) in [6, 6.07) is 8.31. The number of carbonyl (C=O) groups is 1. The summed E-state index contributed by atoms with van der Waals surface area (Å²) in [5, 5.41) is 14.1. The Morgan fingerprint density at radius 3 is 2.74 bits per heavy atom. The van der Waals surface area contributed by atoms with Crippen molar-refractivity contribution >= 4 is 23.4 Å². The van der Waals surface area contributed by atoms with Gasteiger partial charge in [0, 0.05) is 18.2 Å². The number of hydrogen-bond acceptors (Lipinski definition) is 6. The fourth-order valence-electron chi connectivity index (χ4n) is 3.39. The first-order valence-electron chi connectivity index (χ1n) is 8.98. The van der Waals surface area contributed by atoms with Gasteiger partial charge in [-0.1, -0.05) is 6.42 Å². The number of likely N-dealkylation sites (tertiary alicyclic amines) is 1. The van der Waals surface area contributed by atoms with Gasteiger partial charge in [-0.3, -0.25) is 19.8 Å². The van der Waals surface area contributed by atoms with Crippen molar-refractivity contribution < 1.29 is 14.1 Å². The maximum absolute atomic E-state index is 12.6. The van der Waals surface area contributed by atoms with Gasteiger partial charge in [0.2, 0.25) is 0 Å². The normalized spacial score (nSPS) is 16.0. The maximum Gasteiger partial charge on any atom is 0.283 e. The number of carbonyl (C=O) groups excluding carboxylic acids is 1. The molecule has 7 nitrogen and oxygen atoms in total. The van der Waals surface area contributed by atoms with E-state index in [-0.39, 0.29) is 23.2 Å². The van der Waals surface area contributed by atoms with Gasteiger partial charge in [-0.2, -0.15) is 0 Å². The lowest BCUT2D eigenvalue weighted by Gasteiger charge is -2.33. The number of hydrogen-bond donors (Lipinski definition) is 1. The molecule has 2 aromatic rings. The molecular formula is C19H23N3O4S. The molecule has 1 aliphatic heterocycles. The first-order chi connectivity index (χ1) is 13.1. The average molecular weight is 389 g/mol. The third-order valence-electron chi connectivity index (χ3n) is 4.80. The minimum Gasteiger partial charge on any atom is -0.468 e. The van der Waals surface area contributed by atoms with Crippen molar-refractivity contribution in [3.05, 3.63) is 58.0 Å². The van der Waals surface area contributed by atoms with E-state index in [2.05, 4.69) is 10.2 Å². The number of nitro benzene ring substituents is 1. The van der Waals surface area contributed by atoms with E-state index < -0.39 is 4.92 Å². The first-order valence-corrected chi connectivity index (χ1v) is 10.2. The third kappa shape index (κ3) is 4.70. The number of rotatable bonds is 7. The van der Waals surface area contributed by atoms with E-state index in [1.165, 1.54) is 24.2 Å². The lowest BCUT2D eigenvalue weighted by molar-refractivity contribution is -0.387. The number of furan rings is 1. The van der Waals surface area contributed by atoms with Gasteiger partial charge in [-0.15, -0.1) is 11.8 Å². The van der Waals surface area contributed by atoms with E-state index in [9.17, 15) is 14.9 Å². The maximum atomic E-state index is 12.6. The Morgan fingerprint density at radius 1 is 1.33 bits per heavy atom. The van der Waals surface area contributed by atoms with Crippen LogP contribution in [0.5, 0.6) is 0 Å². The number of nitrogens with zero attached hydrogens (tertiary/aromatic N) is 2. The molecule has 1 amide bonds. The summed E-state index contributed by atoms with van der Waals surface area (Å²) in [5.74, 6) is 0.500. The van der Waals surface area contributed by atoms with Gasteiger partial charge in [0.05, 0.1) is 22.1 Å². The Balaban J connectivity index is 1.72. The van der Waals surface area contributed by atoms with Crippen LogP contribution >= 0.6 is 11.8 Å². The lowest BCUT2D eigenvalue weighted by atomic mass is 10.1. The number of amides is 1. The average Bonchev–Trinajstić information content (AvgIpc) is 3.22. The van der Waals surface area contributed by atoms with Crippen molar-refractivity contribution in [1.82, 2.24) is 10.2 Å². The van der Waals surface area contributed by atoms with Crippen LogP contribution in [0, 0.1) is 10.1 Å². The summed E-state index contributed by atoms with van der Waals surface area (Å²) < 4.78 is 5.58. The summed E-state index contributed by atoms with van der Waals surface area (Å²) in [4.78, 5) is 26.2. The second-order valence-electron chi connectivity index (χ2n) is 6.48. The molecule has 1 fully saturated rings. The van der Waals surface area contributed by atoms with Gasteiger partial charge < -0.3 is 9.73 Å². The number of piperidine rings is 1. The van der Waals surface area contributed by atoms with E-state index in [0.29, 0.717) is 11.4 Å². The predicted octanol–water partition coefficient (Wildman–Crippen LogP) is 3.87. The van der Waals surface area contributed by atoms with E-state index in [4.69, 9.17) is 4.42 Å². The van der Waals surface area contributed by atoms with Crippen LogP contribution in [-0.4, -0.2) is 41.6 Å². The Labute approximate surface area is 162 Å². The van der Waals surface area contributed by atoms with Crippen LogP contribution in [-0.2, 0) is 0 Å². The highest BCUT2D eigenvalue weighted by Gasteiger charge is 2.25. The summed E-state index contributed by atoms with van der Waals surface area (Å²) in [6.45, 7) is 2.33. The molecule has 1 atom stereocenters. The molecule has 8 heteroatoms. The fourth-order valence-corrected chi connectivity index (χ4v) is 3.93. The highest BCUT2D eigenvalue weighted by Crippen LogP contribution is 2.28. The third-order valence-corrected chi connectivity index (χ3v) is 5.58. The molecule has 144 valence electrons. The van der Waals surface area contributed by atoms with Crippen LogP contribution in [0.25, 0.3) is 0 Å². The second kappa shape index (κ2) is 9.05. The molecule has 1 aliphatic rings. The monoisotopic (exact) mass is 389 g/mol. The zero-order valence-electron chi connectivity index (χ0n) is 15.2. The van der Waals surface area contributed by atoms with Crippen LogP contribution in [0.1, 0.15) is 41.4 Å². The smallest absolute Gasteiger partial charge is 0.283 e. The van der Waals surface area contributed by atoms with Crippen molar-refractivity contribution in [3.8, 4) is 0 Å². The second-order valence-corrected chi connectivity index (χ2v) is 7.33. The molecule has 1 aromatic carbocycles. The molecule has 0 bridgehead atoms. The zero-order chi connectivity index (χ0) is 19.2. The van der Waals surface area contributed by atoms with Gasteiger partial charge in [-0.05, 0) is 56.5 Å². The highest BCUT2D eigenvalue weighted by atomic mass is 32.2. The van der Waals surface area contributed by atoms with Crippen molar-refractivity contribution in [1.29, 1.82) is 0 Å². The van der Waals surface area contributed by atoms with E-state index in [0.717, 1.165) is 31.7 Å². The van der Waals surface area contributed by atoms with Crippen LogP contribution in [0.4, 0.5) is 5.69 Å². The largest absolute Gasteiger partial charge is 0.468 e. The Hall–Kier alpha value is -2.32. The van der Waals surface area contributed by atoms with E-state index >= 15 is 0 Å². The predicted molar refractivity (Wildman–Crippen MR) is 104 cm³/mol. The van der Waals surface area contributed by atoms with Crippen LogP contribution in [0.15, 0.2) is 45.9 Å². The molecule has 1 N–H and O–H groups in total. The van der Waals surface area contributed by atoms with Crippen LogP contribution < -0.4 is 5.32 Å². The summed E-state index contributed by atoms with van der Waals surface area (Å²) >= 11 is 1.29. The van der Waals surface area contributed by atoms with Crippen molar-refractivity contribution in [2.24, 2.45) is 0 Å². The molecule has 0 aliphatic carbocycles. The first kappa shape index (κ1) is 19.4. The molecule has 1 unspecified atom stereocenters. The molecule has 3 rings (SSSR count). The molecule has 0 spiro atoms. The van der Waals surface area contributed by atoms with Gasteiger partial charge in [0.1, 0.15) is 5.76 Å². The van der Waals surface area contributed by atoms with Crippen LogP contribution in [0.2, 0.25) is 0 Å². The Morgan fingerprint density at radius 2 is 2.11 bits per heavy atom. The SMILES string of the molecule is CSc1ccc(C(=O)NCC(c2ccco2)N2CCCCC2)cc1[N+](=O)[O-]. The van der Waals surface area contributed by atoms with Crippen molar-refractivity contribution in [2.75, 3.05) is 25.9 Å². The molecule has 0 saturated carbocycles. The molecular weight excluding hydrogens is 366 g/mol. The highest BCUT2D eigenvalue weighted by molar-refractivity contribution is 7.98. The molecule has 2 heterocycles. The summed E-state index contributed by atoms with van der Waals surface area (Å²) in [5.41, 5.74) is 0.241. The minimum atomic E-state index is -0.456. The standard InChI is InChI=1S/C19H23N3O4S/c1-27-18-8-7-14(12-15(18)22(24)25)19(23)20-13-16(17-6-5-11-26-17)21-9-3-2-4-10-21/h5-8,11-12,16H,2-4,9-10,13H2,1H3,(H,20,23). The Bertz CT molecular complexity index is 788.